The van der Waals surface area contributed by atoms with Crippen molar-refractivity contribution >= 4 is 38.7 Å². The molecule has 53 heavy (non-hydrogen) atoms. The average Bonchev–Trinajstić information content (AvgIpc) is 3.35. The maximum Gasteiger partial charge on any atom is 0.408 e. The molecule has 2 heterocycles. The van der Waals surface area contributed by atoms with Crippen molar-refractivity contribution in [1.29, 1.82) is 0 Å². The van der Waals surface area contributed by atoms with Gasteiger partial charge in [0.2, 0.25) is 27.7 Å². The number of rotatable bonds is 13. The summed E-state index contributed by atoms with van der Waals surface area (Å²) in [4.78, 5) is 48.1. The van der Waals surface area contributed by atoms with Gasteiger partial charge in [-0.15, -0.1) is 6.58 Å². The number of benzene rings is 1. The van der Waals surface area contributed by atoms with Gasteiger partial charge in [-0.25, -0.2) is 18.2 Å². The number of aliphatic hydroxyl groups excluding tert-OH is 1. The molecule has 4 aliphatic rings. The number of carbonyl (C=O) groups excluding carboxylic acids is 3. The summed E-state index contributed by atoms with van der Waals surface area (Å²) in [6.07, 6.45) is 5.61. The number of sulfonamides is 1. The summed E-state index contributed by atoms with van der Waals surface area (Å²) >= 11 is 0. The Hall–Kier alpha value is -3.95. The number of alkyl carbamates (subject to hydrolysis) is 1. The Balaban J connectivity index is 1.27. The van der Waals surface area contributed by atoms with Gasteiger partial charge in [0, 0.05) is 23.9 Å². The van der Waals surface area contributed by atoms with E-state index in [4.69, 9.17) is 14.2 Å². The number of hydrogen-bond acceptors (Lipinski definition) is 10. The summed E-state index contributed by atoms with van der Waals surface area (Å²) in [6, 6.07) is 5.12. The monoisotopic (exact) mass is 755 g/mol. The normalized spacial score (nSPS) is 26.6. The number of aliphatic hydroxyl groups is 1. The van der Waals surface area contributed by atoms with Gasteiger partial charge in [0.25, 0.3) is 0 Å². The van der Waals surface area contributed by atoms with Gasteiger partial charge in [0.15, 0.2) is 0 Å². The van der Waals surface area contributed by atoms with Crippen molar-refractivity contribution in [2.45, 2.75) is 126 Å². The molecule has 3 unspecified atom stereocenters. The number of nitrogens with zero attached hydrogens (tertiary/aromatic N) is 2. The van der Waals surface area contributed by atoms with Crippen LogP contribution in [-0.4, -0.2) is 95.8 Å². The first-order valence-electron chi connectivity index (χ1n) is 18.5. The fourth-order valence-electron chi connectivity index (χ4n) is 7.77. The molecule has 6 rings (SSSR count). The van der Waals surface area contributed by atoms with Crippen molar-refractivity contribution in [1.82, 2.24) is 25.2 Å². The molecule has 1 saturated heterocycles. The second-order valence-electron chi connectivity index (χ2n) is 16.4. The molecule has 4 fully saturated rings. The van der Waals surface area contributed by atoms with Gasteiger partial charge in [0.1, 0.15) is 35.8 Å². The van der Waals surface area contributed by atoms with Crippen LogP contribution in [0.1, 0.15) is 85.5 Å². The SMILES string of the molecule is C=C[C@@H]1C[C@]1(NC(=O)[C@@H]1CC(Oc2nccc3cc(OC)ccc23)CN1C(=O)C(NC(=O)OC1(C)CCCC1)C(C)(C)C)C(O)NS(=O)(=O)C1CCC1. The predicted molar refractivity (Wildman–Crippen MR) is 197 cm³/mol. The third kappa shape index (κ3) is 8.12. The Morgan fingerprint density at radius 2 is 1.85 bits per heavy atom. The van der Waals surface area contributed by atoms with E-state index in [-0.39, 0.29) is 19.4 Å². The van der Waals surface area contributed by atoms with Crippen molar-refractivity contribution in [3.63, 3.8) is 0 Å². The Bertz CT molecular complexity index is 1840. The molecule has 1 aliphatic heterocycles. The number of fused-ring (bicyclic) bond motifs is 1. The van der Waals surface area contributed by atoms with Gasteiger partial charge in [0.05, 0.1) is 24.4 Å². The van der Waals surface area contributed by atoms with E-state index in [2.05, 4.69) is 26.9 Å². The zero-order valence-electron chi connectivity index (χ0n) is 31.2. The Morgan fingerprint density at radius 3 is 2.45 bits per heavy atom. The van der Waals surface area contributed by atoms with E-state index < -0.39 is 80.1 Å². The van der Waals surface area contributed by atoms with Crippen LogP contribution in [0, 0.1) is 11.3 Å². The van der Waals surface area contributed by atoms with Gasteiger partial charge >= 0.3 is 6.09 Å². The standard InChI is InChI=1S/C38H53N5O9S/c1-7-24-21-38(24,34(46)42-53(48,49)27-11-10-12-27)41-31(44)29-20-26(51-32-28-14-13-25(50-6)19-23(28)15-18-39-32)22-43(29)33(45)30(36(2,3)4)40-35(47)52-37(5)16-8-9-17-37/h7,13-15,18-19,24,26-27,29-30,34,42,46H,1,8-12,16-17,20-22H2,2-6H3,(H,40,47)(H,41,44)/t24-,26?,29+,30?,34?,38-/m1/s1. The Morgan fingerprint density at radius 1 is 1.13 bits per heavy atom. The highest BCUT2D eigenvalue weighted by Gasteiger charge is 2.61. The van der Waals surface area contributed by atoms with E-state index in [0.717, 1.165) is 37.5 Å². The molecular formula is C38H53N5O9S. The minimum atomic E-state index is -3.83. The molecule has 6 atom stereocenters. The number of likely N-dealkylation sites (tertiary alicyclic amines) is 1. The molecule has 1 aromatic heterocycles. The van der Waals surface area contributed by atoms with Crippen LogP contribution < -0.4 is 24.8 Å². The number of pyridine rings is 1. The molecule has 0 bridgehead atoms. The number of ether oxygens (including phenoxy) is 3. The van der Waals surface area contributed by atoms with Gasteiger partial charge in [-0.1, -0.05) is 33.3 Å². The minimum Gasteiger partial charge on any atom is -0.497 e. The third-order valence-corrected chi connectivity index (χ3v) is 13.3. The Kier molecular flexibility index (Phi) is 10.8. The zero-order chi connectivity index (χ0) is 38.3. The zero-order valence-corrected chi connectivity index (χ0v) is 32.0. The number of amides is 3. The lowest BCUT2D eigenvalue weighted by molar-refractivity contribution is -0.142. The van der Waals surface area contributed by atoms with E-state index in [1.807, 2.05) is 45.9 Å². The molecule has 2 aromatic rings. The summed E-state index contributed by atoms with van der Waals surface area (Å²) in [6.45, 7) is 11.2. The summed E-state index contributed by atoms with van der Waals surface area (Å²) in [5.74, 6) is -0.553. The molecule has 0 spiro atoms. The highest BCUT2D eigenvalue weighted by atomic mass is 32.2. The topological polar surface area (TPSA) is 185 Å². The van der Waals surface area contributed by atoms with Crippen molar-refractivity contribution in [2.24, 2.45) is 11.3 Å². The van der Waals surface area contributed by atoms with E-state index in [1.165, 1.54) is 4.90 Å². The van der Waals surface area contributed by atoms with Crippen LogP contribution in [0.15, 0.2) is 43.1 Å². The highest BCUT2D eigenvalue weighted by Crippen LogP contribution is 2.47. The average molecular weight is 756 g/mol. The van der Waals surface area contributed by atoms with E-state index in [0.29, 0.717) is 29.9 Å². The van der Waals surface area contributed by atoms with Crippen molar-refractivity contribution in [2.75, 3.05) is 13.7 Å². The van der Waals surface area contributed by atoms with Crippen LogP contribution in [-0.2, 0) is 24.3 Å². The quantitative estimate of drug-likeness (QED) is 0.173. The van der Waals surface area contributed by atoms with E-state index in [9.17, 15) is 27.9 Å². The molecule has 3 amide bonds. The molecular weight excluding hydrogens is 703 g/mol. The van der Waals surface area contributed by atoms with Gasteiger partial charge in [-0.3, -0.25) is 9.59 Å². The molecule has 14 nitrogen and oxygen atoms in total. The molecule has 3 aliphatic carbocycles. The van der Waals surface area contributed by atoms with Gasteiger partial charge in [-0.05, 0) is 86.9 Å². The maximum atomic E-state index is 14.6. The minimum absolute atomic E-state index is 0.0130. The number of aromatic nitrogens is 1. The Labute approximate surface area is 311 Å². The van der Waals surface area contributed by atoms with Crippen molar-refractivity contribution in [3.05, 3.63) is 43.1 Å². The number of carbonyl (C=O) groups is 3. The van der Waals surface area contributed by atoms with Crippen LogP contribution in [0.5, 0.6) is 11.6 Å². The lowest BCUT2D eigenvalue weighted by Crippen LogP contribution is -2.61. The first kappa shape index (κ1) is 38.8. The van der Waals surface area contributed by atoms with E-state index >= 15 is 0 Å². The number of hydrogen-bond donors (Lipinski definition) is 4. The second-order valence-corrected chi connectivity index (χ2v) is 18.4. The van der Waals surface area contributed by atoms with E-state index in [1.54, 1.807) is 25.4 Å². The molecule has 3 saturated carbocycles. The van der Waals surface area contributed by atoms with Crippen LogP contribution >= 0.6 is 0 Å². The molecule has 1 aromatic carbocycles. The van der Waals surface area contributed by atoms with Crippen LogP contribution in [0.2, 0.25) is 0 Å². The smallest absolute Gasteiger partial charge is 0.408 e. The second kappa shape index (κ2) is 14.7. The summed E-state index contributed by atoms with van der Waals surface area (Å²) in [5, 5.41) is 18.0. The third-order valence-electron chi connectivity index (χ3n) is 11.4. The highest BCUT2D eigenvalue weighted by molar-refractivity contribution is 7.90. The maximum absolute atomic E-state index is 14.6. The largest absolute Gasteiger partial charge is 0.497 e. The van der Waals surface area contributed by atoms with Crippen LogP contribution in [0.3, 0.4) is 0 Å². The predicted octanol–water partition coefficient (Wildman–Crippen LogP) is 3.92. The first-order chi connectivity index (χ1) is 25.0. The lowest BCUT2D eigenvalue weighted by Gasteiger charge is -2.36. The molecule has 290 valence electrons. The molecule has 0 radical (unpaired) electrons. The van der Waals surface area contributed by atoms with Crippen LogP contribution in [0.4, 0.5) is 4.79 Å². The summed E-state index contributed by atoms with van der Waals surface area (Å²) < 4.78 is 46.0. The lowest BCUT2D eigenvalue weighted by atomic mass is 9.85. The number of methoxy groups -OCH3 is 1. The first-order valence-corrected chi connectivity index (χ1v) is 20.1. The van der Waals surface area contributed by atoms with Gasteiger partial charge in [-0.2, -0.15) is 4.72 Å². The van der Waals surface area contributed by atoms with Crippen molar-refractivity contribution < 1.29 is 42.1 Å². The summed E-state index contributed by atoms with van der Waals surface area (Å²) in [7, 11) is -2.25. The van der Waals surface area contributed by atoms with Crippen molar-refractivity contribution in [3.8, 4) is 11.6 Å². The molecule has 15 heteroatoms. The van der Waals surface area contributed by atoms with Gasteiger partial charge < -0.3 is 34.9 Å². The summed E-state index contributed by atoms with van der Waals surface area (Å²) in [5.41, 5.74) is -2.77. The molecule has 4 N–H and O–H groups in total. The number of nitrogens with one attached hydrogen (secondary N) is 3. The fraction of sp³-hybridized carbons (Fsp3) is 0.632. The fourth-order valence-corrected chi connectivity index (χ4v) is 9.44. The van der Waals surface area contributed by atoms with Crippen LogP contribution in [0.25, 0.3) is 10.8 Å².